The molecule has 8 nitrogen and oxygen atoms in total. The zero-order valence-electron chi connectivity index (χ0n) is 21.2. The quantitative estimate of drug-likeness (QED) is 0.212. The van der Waals surface area contributed by atoms with E-state index >= 15 is 0 Å². The van der Waals surface area contributed by atoms with Gasteiger partial charge in [0, 0.05) is 5.02 Å². The van der Waals surface area contributed by atoms with Crippen LogP contribution in [0.25, 0.3) is 0 Å². The summed E-state index contributed by atoms with van der Waals surface area (Å²) in [5.74, 6) is 2.93. The van der Waals surface area contributed by atoms with E-state index in [-0.39, 0.29) is 17.5 Å². The molecule has 0 spiro atoms. The molecule has 0 saturated heterocycles. The number of rotatable bonds is 13. The van der Waals surface area contributed by atoms with E-state index in [9.17, 15) is 9.59 Å². The maximum atomic E-state index is 12.8. The van der Waals surface area contributed by atoms with Crippen LogP contribution in [0.2, 0.25) is 10.0 Å². The second-order valence-corrected chi connectivity index (χ2v) is 9.24. The number of ether oxygens (including phenoxy) is 3. The van der Waals surface area contributed by atoms with Crippen LogP contribution in [0.3, 0.4) is 0 Å². The van der Waals surface area contributed by atoms with E-state index in [4.69, 9.17) is 43.8 Å². The molecule has 2 aromatic rings. The maximum absolute atomic E-state index is 12.8. The predicted molar refractivity (Wildman–Crippen MR) is 146 cm³/mol. The number of hydrazone groups is 1. The van der Waals surface area contributed by atoms with E-state index < -0.39 is 24.0 Å². The highest BCUT2D eigenvalue weighted by atomic mass is 35.5. The number of nitrogens with one attached hydrogen (secondary N) is 2. The summed E-state index contributed by atoms with van der Waals surface area (Å²) in [4.78, 5) is 25.6. The number of benzene rings is 2. The van der Waals surface area contributed by atoms with Crippen molar-refractivity contribution in [2.24, 2.45) is 11.0 Å². The summed E-state index contributed by atoms with van der Waals surface area (Å²) in [5.41, 5.74) is 3.16. The number of halogens is 2. The van der Waals surface area contributed by atoms with Crippen molar-refractivity contribution in [3.05, 3.63) is 52.0 Å². The Morgan fingerprint density at radius 2 is 1.78 bits per heavy atom. The summed E-state index contributed by atoms with van der Waals surface area (Å²) in [6, 6.07) is 9.06. The summed E-state index contributed by atoms with van der Waals surface area (Å²) in [6.07, 6.45) is 6.21. The molecule has 10 heteroatoms. The topological polar surface area (TPSA) is 98.2 Å². The first kappa shape index (κ1) is 29.8. The molecule has 37 heavy (non-hydrogen) atoms. The Labute approximate surface area is 227 Å². The molecule has 0 saturated carbocycles. The molecule has 0 unspecified atom stereocenters. The highest BCUT2D eigenvalue weighted by Gasteiger charge is 2.25. The lowest BCUT2D eigenvalue weighted by atomic mass is 10.0. The number of terminal acetylenes is 1. The van der Waals surface area contributed by atoms with Crippen LogP contribution in [0.4, 0.5) is 0 Å². The number of carbonyl (C=O) groups is 2. The highest BCUT2D eigenvalue weighted by molar-refractivity contribution is 6.35. The van der Waals surface area contributed by atoms with E-state index in [1.807, 2.05) is 20.8 Å². The lowest BCUT2D eigenvalue weighted by Crippen LogP contribution is -2.49. The first-order valence-electron chi connectivity index (χ1n) is 11.7. The molecule has 2 amide bonds. The molecule has 0 radical (unpaired) electrons. The van der Waals surface area contributed by atoms with Crippen molar-refractivity contribution in [2.45, 2.75) is 46.3 Å². The van der Waals surface area contributed by atoms with E-state index in [0.29, 0.717) is 40.9 Å². The van der Waals surface area contributed by atoms with Crippen molar-refractivity contribution >= 4 is 41.2 Å². The Balaban J connectivity index is 2.04. The highest BCUT2D eigenvalue weighted by Crippen LogP contribution is 2.29. The molecule has 2 rings (SSSR count). The molecule has 198 valence electrons. The van der Waals surface area contributed by atoms with Crippen LogP contribution in [0.15, 0.2) is 41.5 Å². The Hall–Kier alpha value is -3.41. The van der Waals surface area contributed by atoms with Gasteiger partial charge >= 0.3 is 0 Å². The van der Waals surface area contributed by atoms with Gasteiger partial charge in [0.15, 0.2) is 17.6 Å². The number of amides is 2. The minimum Gasteiger partial charge on any atom is -0.490 e. The molecular formula is C27H31Cl2N3O5. The van der Waals surface area contributed by atoms with E-state index in [1.165, 1.54) is 12.3 Å². The fourth-order valence-electron chi connectivity index (χ4n) is 3.17. The molecule has 0 fully saturated rings. The van der Waals surface area contributed by atoms with Gasteiger partial charge in [0.2, 0.25) is 0 Å². The Morgan fingerprint density at radius 1 is 1.05 bits per heavy atom. The first-order valence-corrected chi connectivity index (χ1v) is 12.5. The van der Waals surface area contributed by atoms with Crippen LogP contribution in [-0.2, 0) is 9.59 Å². The monoisotopic (exact) mass is 547 g/mol. The van der Waals surface area contributed by atoms with Crippen LogP contribution < -0.4 is 25.0 Å². The van der Waals surface area contributed by atoms with Gasteiger partial charge in [-0.2, -0.15) is 5.10 Å². The zero-order valence-corrected chi connectivity index (χ0v) is 22.7. The average molecular weight is 548 g/mol. The lowest BCUT2D eigenvalue weighted by molar-refractivity contribution is -0.132. The Kier molecular flexibility index (Phi) is 12.1. The van der Waals surface area contributed by atoms with Gasteiger partial charge in [0.1, 0.15) is 18.4 Å². The van der Waals surface area contributed by atoms with Gasteiger partial charge < -0.3 is 19.5 Å². The number of hydrogen-bond acceptors (Lipinski definition) is 6. The predicted octanol–water partition coefficient (Wildman–Crippen LogP) is 4.85. The van der Waals surface area contributed by atoms with Crippen molar-refractivity contribution in [3.63, 3.8) is 0 Å². The van der Waals surface area contributed by atoms with Crippen LogP contribution in [0.1, 0.15) is 39.7 Å². The van der Waals surface area contributed by atoms with Gasteiger partial charge in [-0.15, -0.1) is 6.42 Å². The minimum atomic E-state index is -0.906. The van der Waals surface area contributed by atoms with Gasteiger partial charge in [0.05, 0.1) is 17.8 Å². The fourth-order valence-corrected chi connectivity index (χ4v) is 3.62. The number of carbonyl (C=O) groups excluding carboxylic acids is 2. The Morgan fingerprint density at radius 3 is 2.43 bits per heavy atom. The second-order valence-electron chi connectivity index (χ2n) is 8.39. The van der Waals surface area contributed by atoms with Crippen LogP contribution in [-0.4, -0.2) is 43.4 Å². The molecule has 0 bridgehead atoms. The third kappa shape index (κ3) is 9.87. The van der Waals surface area contributed by atoms with Crippen molar-refractivity contribution in [1.82, 2.24) is 10.7 Å². The molecule has 0 aliphatic carbocycles. The van der Waals surface area contributed by atoms with Crippen LogP contribution in [0.5, 0.6) is 17.2 Å². The van der Waals surface area contributed by atoms with E-state index in [0.717, 1.165) is 0 Å². The lowest BCUT2D eigenvalue weighted by Gasteiger charge is -2.22. The first-order chi connectivity index (χ1) is 17.6. The molecule has 0 heterocycles. The molecule has 2 atom stereocenters. The summed E-state index contributed by atoms with van der Waals surface area (Å²) >= 11 is 12.0. The van der Waals surface area contributed by atoms with Gasteiger partial charge in [-0.3, -0.25) is 9.59 Å². The van der Waals surface area contributed by atoms with Gasteiger partial charge in [-0.25, -0.2) is 5.43 Å². The zero-order chi connectivity index (χ0) is 27.4. The smallest absolute Gasteiger partial charge is 0.262 e. The third-order valence-electron chi connectivity index (χ3n) is 4.87. The summed E-state index contributed by atoms with van der Waals surface area (Å²) in [6.45, 7) is 7.86. The Bertz CT molecular complexity index is 1150. The summed E-state index contributed by atoms with van der Waals surface area (Å²) < 4.78 is 16.7. The number of hydrogen-bond donors (Lipinski definition) is 2. The standard InChI is InChI=1S/C27H31Cl2N3O5/c1-6-12-36-24-10-8-19(14-25(24)35-7-2)16-30-32-27(34)22(13-17(3)4)31-26(33)18(5)37-23-11-9-20(28)15-21(23)29/h1,8-11,14-18,22H,7,12-13H2,2-5H3,(H,31,33)(H,32,34)/b30-16-/t18-,22-/m1/s1. The van der Waals surface area contributed by atoms with Crippen molar-refractivity contribution < 1.29 is 23.8 Å². The van der Waals surface area contributed by atoms with Crippen LogP contribution in [0, 0.1) is 18.3 Å². The third-order valence-corrected chi connectivity index (χ3v) is 5.40. The normalized spacial score (nSPS) is 12.5. The summed E-state index contributed by atoms with van der Waals surface area (Å²) in [5, 5.41) is 7.49. The van der Waals surface area contributed by atoms with Gasteiger partial charge in [0.25, 0.3) is 11.8 Å². The minimum absolute atomic E-state index is 0.114. The van der Waals surface area contributed by atoms with E-state index in [1.54, 1.807) is 37.3 Å². The molecule has 0 aliphatic heterocycles. The molecule has 0 aromatic heterocycles. The second kappa shape index (κ2) is 15.0. The van der Waals surface area contributed by atoms with E-state index in [2.05, 4.69) is 21.8 Å². The fraction of sp³-hybridized carbons (Fsp3) is 0.370. The molecule has 2 aromatic carbocycles. The van der Waals surface area contributed by atoms with Crippen LogP contribution >= 0.6 is 23.2 Å². The molecule has 2 N–H and O–H groups in total. The van der Waals surface area contributed by atoms with Gasteiger partial charge in [-0.05, 0) is 68.1 Å². The SMILES string of the molecule is C#CCOc1ccc(/C=N\NC(=O)[C@@H](CC(C)C)NC(=O)[C@@H](C)Oc2ccc(Cl)cc2Cl)cc1OCC. The van der Waals surface area contributed by atoms with Gasteiger partial charge in [-0.1, -0.05) is 43.0 Å². The largest absolute Gasteiger partial charge is 0.490 e. The van der Waals surface area contributed by atoms with Crippen molar-refractivity contribution in [3.8, 4) is 29.6 Å². The summed E-state index contributed by atoms with van der Waals surface area (Å²) in [7, 11) is 0. The van der Waals surface area contributed by atoms with Crippen molar-refractivity contribution in [2.75, 3.05) is 13.2 Å². The number of nitrogens with zero attached hydrogens (tertiary/aromatic N) is 1. The molecular weight excluding hydrogens is 517 g/mol. The average Bonchev–Trinajstić information content (AvgIpc) is 2.84. The molecule has 0 aliphatic rings. The van der Waals surface area contributed by atoms with Crippen molar-refractivity contribution in [1.29, 1.82) is 0 Å². The maximum Gasteiger partial charge on any atom is 0.262 e.